The number of nitrogens with one attached hydrogen (secondary N) is 1. The van der Waals surface area contributed by atoms with E-state index in [1.165, 1.54) is 25.7 Å². The van der Waals surface area contributed by atoms with Crippen molar-refractivity contribution in [1.82, 2.24) is 5.32 Å². The zero-order chi connectivity index (χ0) is 12.8. The van der Waals surface area contributed by atoms with Crippen LogP contribution in [0.4, 0.5) is 0 Å². The van der Waals surface area contributed by atoms with Crippen molar-refractivity contribution in [2.45, 2.75) is 76.8 Å². The lowest BCUT2D eigenvalue weighted by Gasteiger charge is -2.39. The topological polar surface area (TPSA) is 12.0 Å². The van der Waals surface area contributed by atoms with Gasteiger partial charge >= 0.3 is 0 Å². The van der Waals surface area contributed by atoms with E-state index in [2.05, 4.69) is 51.7 Å². The highest BCUT2D eigenvalue weighted by atomic mass is 32.2. The zero-order valence-electron chi connectivity index (χ0n) is 12.3. The average Bonchev–Trinajstić information content (AvgIpc) is 2.31. The third-order valence-electron chi connectivity index (χ3n) is 4.22. The molecule has 0 radical (unpaired) electrons. The molecule has 0 aromatic heterocycles. The largest absolute Gasteiger partial charge is 0.313 e. The fraction of sp³-hybridized carbons (Fsp3) is 1.00. The van der Waals surface area contributed by atoms with Gasteiger partial charge in [0, 0.05) is 16.5 Å². The Balaban J connectivity index is 2.55. The fourth-order valence-corrected chi connectivity index (χ4v) is 4.38. The van der Waals surface area contributed by atoms with Crippen LogP contribution in [0.15, 0.2) is 0 Å². The molecule has 1 nitrogen and oxygen atoms in total. The minimum absolute atomic E-state index is 0.758. The maximum atomic E-state index is 3.70. The van der Waals surface area contributed by atoms with E-state index in [9.17, 15) is 0 Å². The van der Waals surface area contributed by atoms with Gasteiger partial charge in [0.15, 0.2) is 0 Å². The molecule has 0 saturated heterocycles. The van der Waals surface area contributed by atoms with Crippen molar-refractivity contribution in [3.8, 4) is 0 Å². The summed E-state index contributed by atoms with van der Waals surface area (Å²) in [7, 11) is 0. The third-order valence-corrected chi connectivity index (χ3v) is 5.89. The van der Waals surface area contributed by atoms with Gasteiger partial charge in [-0.15, -0.1) is 0 Å². The van der Waals surface area contributed by atoms with Gasteiger partial charge in [-0.25, -0.2) is 0 Å². The Morgan fingerprint density at radius 2 is 1.88 bits per heavy atom. The Labute approximate surface area is 113 Å². The fourth-order valence-electron chi connectivity index (χ4n) is 2.81. The molecule has 17 heavy (non-hydrogen) atoms. The smallest absolute Gasteiger partial charge is 0.0206 e. The molecule has 4 atom stereocenters. The van der Waals surface area contributed by atoms with E-state index >= 15 is 0 Å². The minimum atomic E-state index is 0.758. The highest BCUT2D eigenvalue weighted by Gasteiger charge is 2.32. The highest BCUT2D eigenvalue weighted by molar-refractivity contribution is 8.00. The van der Waals surface area contributed by atoms with Crippen molar-refractivity contribution in [2.24, 2.45) is 11.8 Å². The number of rotatable bonds is 6. The summed E-state index contributed by atoms with van der Waals surface area (Å²) in [6.45, 7) is 12.8. The molecule has 4 unspecified atom stereocenters. The van der Waals surface area contributed by atoms with Gasteiger partial charge in [-0.1, -0.05) is 34.6 Å². The normalized spacial score (nSPS) is 31.8. The molecule has 102 valence electrons. The van der Waals surface area contributed by atoms with Crippen LogP contribution in [0.5, 0.6) is 0 Å². The lowest BCUT2D eigenvalue weighted by molar-refractivity contribution is 0.247. The van der Waals surface area contributed by atoms with Crippen molar-refractivity contribution in [1.29, 1.82) is 0 Å². The Kier molecular flexibility index (Phi) is 6.94. The predicted molar refractivity (Wildman–Crippen MR) is 80.8 cm³/mol. The standard InChI is InChI=1S/C15H31NS/c1-6-12(5)17-15-10-13(11(3)4)8-9-14(15)16-7-2/h11-16H,6-10H2,1-5H3. The van der Waals surface area contributed by atoms with E-state index in [4.69, 9.17) is 0 Å². The van der Waals surface area contributed by atoms with Crippen molar-refractivity contribution in [2.75, 3.05) is 6.54 Å². The van der Waals surface area contributed by atoms with Crippen LogP contribution in [-0.4, -0.2) is 23.1 Å². The van der Waals surface area contributed by atoms with Gasteiger partial charge in [-0.05, 0) is 44.1 Å². The first-order chi connectivity index (χ1) is 8.08. The van der Waals surface area contributed by atoms with Crippen LogP contribution in [0.2, 0.25) is 0 Å². The summed E-state index contributed by atoms with van der Waals surface area (Å²) in [5, 5.41) is 5.35. The predicted octanol–water partition coefficient (Wildman–Crippen LogP) is 4.32. The molecule has 1 aliphatic carbocycles. The SMILES string of the molecule is CCNC1CCC(C(C)C)CC1SC(C)CC. The first kappa shape index (κ1) is 15.4. The van der Waals surface area contributed by atoms with E-state index in [1.807, 2.05) is 0 Å². The molecule has 0 spiro atoms. The molecule has 0 heterocycles. The maximum absolute atomic E-state index is 3.70. The summed E-state index contributed by atoms with van der Waals surface area (Å²) in [6.07, 6.45) is 5.52. The van der Waals surface area contributed by atoms with E-state index in [0.717, 1.165) is 34.9 Å². The second-order valence-corrected chi connectivity index (χ2v) is 7.56. The molecule has 0 amide bonds. The molecular weight excluding hydrogens is 226 g/mol. The van der Waals surface area contributed by atoms with Gasteiger partial charge in [0.25, 0.3) is 0 Å². The Bertz CT molecular complexity index is 205. The molecule has 0 aliphatic heterocycles. The summed E-state index contributed by atoms with van der Waals surface area (Å²) in [5.74, 6) is 1.81. The highest BCUT2D eigenvalue weighted by Crippen LogP contribution is 2.38. The number of hydrogen-bond donors (Lipinski definition) is 1. The first-order valence-corrected chi connectivity index (χ1v) is 8.41. The van der Waals surface area contributed by atoms with E-state index in [1.54, 1.807) is 0 Å². The molecular formula is C15H31NS. The summed E-state index contributed by atoms with van der Waals surface area (Å²) in [5.41, 5.74) is 0. The second-order valence-electron chi connectivity index (χ2n) is 5.87. The van der Waals surface area contributed by atoms with Crippen molar-refractivity contribution in [3.63, 3.8) is 0 Å². The molecule has 0 bridgehead atoms. The molecule has 1 rings (SSSR count). The number of hydrogen-bond acceptors (Lipinski definition) is 2. The van der Waals surface area contributed by atoms with Gasteiger partial charge in [-0.3, -0.25) is 0 Å². The van der Waals surface area contributed by atoms with E-state index in [-0.39, 0.29) is 0 Å². The lowest BCUT2D eigenvalue weighted by Crippen LogP contribution is -2.44. The minimum Gasteiger partial charge on any atom is -0.313 e. The van der Waals surface area contributed by atoms with Crippen LogP contribution in [0.1, 0.15) is 60.3 Å². The third kappa shape index (κ3) is 4.82. The quantitative estimate of drug-likeness (QED) is 0.760. The molecule has 1 N–H and O–H groups in total. The van der Waals surface area contributed by atoms with Gasteiger partial charge < -0.3 is 5.32 Å². The van der Waals surface area contributed by atoms with E-state index in [0.29, 0.717) is 0 Å². The first-order valence-electron chi connectivity index (χ1n) is 7.47. The monoisotopic (exact) mass is 257 g/mol. The molecule has 1 aliphatic rings. The summed E-state index contributed by atoms with van der Waals surface area (Å²) in [4.78, 5) is 0. The summed E-state index contributed by atoms with van der Waals surface area (Å²) < 4.78 is 0. The molecule has 2 heteroatoms. The molecule has 0 aromatic carbocycles. The van der Waals surface area contributed by atoms with Crippen molar-refractivity contribution in [3.05, 3.63) is 0 Å². The summed E-state index contributed by atoms with van der Waals surface area (Å²) >= 11 is 2.23. The summed E-state index contributed by atoms with van der Waals surface area (Å²) in [6, 6.07) is 0.758. The van der Waals surface area contributed by atoms with E-state index < -0.39 is 0 Å². The molecule has 1 saturated carbocycles. The second kappa shape index (κ2) is 7.68. The van der Waals surface area contributed by atoms with Crippen molar-refractivity contribution >= 4 is 11.8 Å². The van der Waals surface area contributed by atoms with Crippen LogP contribution in [0, 0.1) is 11.8 Å². The average molecular weight is 257 g/mol. The Morgan fingerprint density at radius 1 is 1.18 bits per heavy atom. The molecule has 1 fully saturated rings. The Hall–Kier alpha value is 0.310. The van der Waals surface area contributed by atoms with Crippen LogP contribution in [-0.2, 0) is 0 Å². The Morgan fingerprint density at radius 3 is 2.41 bits per heavy atom. The lowest BCUT2D eigenvalue weighted by atomic mass is 9.79. The van der Waals surface area contributed by atoms with Crippen molar-refractivity contribution < 1.29 is 0 Å². The van der Waals surface area contributed by atoms with Crippen LogP contribution < -0.4 is 5.32 Å². The van der Waals surface area contributed by atoms with Crippen LogP contribution in [0.25, 0.3) is 0 Å². The van der Waals surface area contributed by atoms with Gasteiger partial charge in [0.05, 0.1) is 0 Å². The van der Waals surface area contributed by atoms with Gasteiger partial charge in [-0.2, -0.15) is 11.8 Å². The van der Waals surface area contributed by atoms with Gasteiger partial charge in [0.2, 0.25) is 0 Å². The van der Waals surface area contributed by atoms with Gasteiger partial charge in [0.1, 0.15) is 0 Å². The zero-order valence-corrected chi connectivity index (χ0v) is 13.1. The molecule has 0 aromatic rings. The van der Waals surface area contributed by atoms with Crippen LogP contribution in [0.3, 0.4) is 0 Å². The maximum Gasteiger partial charge on any atom is 0.0206 e. The van der Waals surface area contributed by atoms with Crippen LogP contribution >= 0.6 is 11.8 Å². The number of thioether (sulfide) groups is 1.